The molecule has 1 aliphatic rings. The Hall–Kier alpha value is -1.31. The van der Waals surface area contributed by atoms with Gasteiger partial charge >= 0.3 is 0 Å². The second-order valence-corrected chi connectivity index (χ2v) is 4.32. The van der Waals surface area contributed by atoms with Crippen LogP contribution >= 0.6 is 0 Å². The molecule has 0 bridgehead atoms. The predicted octanol–water partition coefficient (Wildman–Crippen LogP) is 3.00. The zero-order valence-electron chi connectivity index (χ0n) is 9.74. The summed E-state index contributed by atoms with van der Waals surface area (Å²) in [7, 11) is 0. The number of Topliss-reactive ketones (excluding diaryl/α,β-unsaturated/α-hetero) is 1. The lowest BCUT2D eigenvalue weighted by molar-refractivity contribution is -0.120. The summed E-state index contributed by atoms with van der Waals surface area (Å²) < 4.78 is 5.37. The van der Waals surface area contributed by atoms with Gasteiger partial charge in [-0.3, -0.25) is 4.79 Å². The highest BCUT2D eigenvalue weighted by atomic mass is 16.5. The van der Waals surface area contributed by atoms with Crippen molar-refractivity contribution in [1.82, 2.24) is 0 Å². The highest BCUT2D eigenvalue weighted by Gasteiger charge is 2.28. The third kappa shape index (κ3) is 3.09. The lowest BCUT2D eigenvalue weighted by Gasteiger charge is -2.04. The number of aryl methyl sites for hydroxylation is 1. The molecule has 0 aliphatic heterocycles. The van der Waals surface area contributed by atoms with E-state index in [1.807, 2.05) is 31.2 Å². The zero-order chi connectivity index (χ0) is 11.4. The fourth-order valence-corrected chi connectivity index (χ4v) is 1.80. The highest BCUT2D eigenvalue weighted by molar-refractivity contribution is 5.83. The van der Waals surface area contributed by atoms with Gasteiger partial charge in [0.05, 0.1) is 6.61 Å². The SMILES string of the molecule is CCOc1ccc(CCC(=O)C2CC2)cc1. The van der Waals surface area contributed by atoms with Crippen molar-refractivity contribution >= 4 is 5.78 Å². The third-order valence-electron chi connectivity index (χ3n) is 2.93. The van der Waals surface area contributed by atoms with Gasteiger partial charge in [-0.1, -0.05) is 12.1 Å². The standard InChI is InChI=1S/C14H18O2/c1-2-16-13-8-3-11(4-9-13)5-10-14(15)12-6-7-12/h3-4,8-9,12H,2,5-7,10H2,1H3. The van der Waals surface area contributed by atoms with Gasteiger partial charge in [-0.2, -0.15) is 0 Å². The summed E-state index contributed by atoms with van der Waals surface area (Å²) in [6.07, 6.45) is 3.78. The van der Waals surface area contributed by atoms with Gasteiger partial charge in [0.25, 0.3) is 0 Å². The van der Waals surface area contributed by atoms with Crippen LogP contribution in [0.25, 0.3) is 0 Å². The van der Waals surface area contributed by atoms with E-state index in [1.165, 1.54) is 5.56 Å². The van der Waals surface area contributed by atoms with Crippen molar-refractivity contribution in [2.24, 2.45) is 5.92 Å². The summed E-state index contributed by atoms with van der Waals surface area (Å²) in [5.41, 5.74) is 1.22. The number of hydrogen-bond donors (Lipinski definition) is 0. The number of ketones is 1. The van der Waals surface area contributed by atoms with E-state index in [0.717, 1.165) is 25.0 Å². The molecule has 0 heterocycles. The molecular formula is C14H18O2. The molecule has 1 aliphatic carbocycles. The van der Waals surface area contributed by atoms with Gasteiger partial charge in [-0.15, -0.1) is 0 Å². The maximum absolute atomic E-state index is 11.5. The molecule has 1 saturated carbocycles. The second-order valence-electron chi connectivity index (χ2n) is 4.32. The summed E-state index contributed by atoms with van der Waals surface area (Å²) in [6.45, 7) is 2.67. The molecule has 2 heteroatoms. The molecule has 16 heavy (non-hydrogen) atoms. The lowest BCUT2D eigenvalue weighted by atomic mass is 10.1. The van der Waals surface area contributed by atoms with Gasteiger partial charge < -0.3 is 4.74 Å². The van der Waals surface area contributed by atoms with Crippen LogP contribution in [0.1, 0.15) is 31.7 Å². The van der Waals surface area contributed by atoms with Gasteiger partial charge in [0, 0.05) is 12.3 Å². The molecule has 0 N–H and O–H groups in total. The Kier molecular flexibility index (Phi) is 3.60. The van der Waals surface area contributed by atoms with E-state index in [9.17, 15) is 4.79 Å². The molecule has 86 valence electrons. The van der Waals surface area contributed by atoms with Crippen molar-refractivity contribution in [3.8, 4) is 5.75 Å². The van der Waals surface area contributed by atoms with Crippen molar-refractivity contribution < 1.29 is 9.53 Å². The molecule has 1 aromatic rings. The minimum Gasteiger partial charge on any atom is -0.494 e. The Bertz CT molecular complexity index is 350. The molecule has 0 aromatic heterocycles. The molecule has 0 atom stereocenters. The van der Waals surface area contributed by atoms with Crippen LogP contribution in [0.2, 0.25) is 0 Å². The molecular weight excluding hydrogens is 200 g/mol. The predicted molar refractivity (Wildman–Crippen MR) is 63.7 cm³/mol. The smallest absolute Gasteiger partial charge is 0.136 e. The van der Waals surface area contributed by atoms with E-state index in [0.29, 0.717) is 24.7 Å². The molecule has 0 radical (unpaired) electrons. The van der Waals surface area contributed by atoms with Crippen molar-refractivity contribution in [2.45, 2.75) is 32.6 Å². The quantitative estimate of drug-likeness (QED) is 0.733. The maximum Gasteiger partial charge on any atom is 0.136 e. The van der Waals surface area contributed by atoms with E-state index in [4.69, 9.17) is 4.74 Å². The topological polar surface area (TPSA) is 26.3 Å². The van der Waals surface area contributed by atoms with E-state index >= 15 is 0 Å². The summed E-state index contributed by atoms with van der Waals surface area (Å²) >= 11 is 0. The minimum absolute atomic E-state index is 0.391. The first-order chi connectivity index (χ1) is 7.79. The van der Waals surface area contributed by atoms with Crippen molar-refractivity contribution in [3.63, 3.8) is 0 Å². The van der Waals surface area contributed by atoms with Gasteiger partial charge in [0.1, 0.15) is 11.5 Å². The molecule has 2 nitrogen and oxygen atoms in total. The lowest BCUT2D eigenvalue weighted by Crippen LogP contribution is -2.02. The summed E-state index contributed by atoms with van der Waals surface area (Å²) in [5.74, 6) is 1.73. The highest BCUT2D eigenvalue weighted by Crippen LogP contribution is 2.31. The first-order valence-electron chi connectivity index (χ1n) is 6.04. The van der Waals surface area contributed by atoms with Gasteiger partial charge in [0.15, 0.2) is 0 Å². The fourth-order valence-electron chi connectivity index (χ4n) is 1.80. The van der Waals surface area contributed by atoms with Crippen LogP contribution in [0.3, 0.4) is 0 Å². The molecule has 0 spiro atoms. The average molecular weight is 218 g/mol. The van der Waals surface area contributed by atoms with Gasteiger partial charge in [-0.25, -0.2) is 0 Å². The van der Waals surface area contributed by atoms with Crippen molar-refractivity contribution in [3.05, 3.63) is 29.8 Å². The number of hydrogen-bond acceptors (Lipinski definition) is 2. The Labute approximate surface area is 96.6 Å². The zero-order valence-corrected chi connectivity index (χ0v) is 9.74. The summed E-state index contributed by atoms with van der Waals surface area (Å²) in [5, 5.41) is 0. The Morgan fingerprint density at radius 2 is 2.00 bits per heavy atom. The number of carbonyl (C=O) groups is 1. The van der Waals surface area contributed by atoms with Crippen LogP contribution < -0.4 is 4.74 Å². The minimum atomic E-state index is 0.391. The molecule has 0 saturated heterocycles. The van der Waals surface area contributed by atoms with Crippen LogP contribution in [0.4, 0.5) is 0 Å². The van der Waals surface area contributed by atoms with Gasteiger partial charge in [-0.05, 0) is 43.9 Å². The summed E-state index contributed by atoms with van der Waals surface area (Å²) in [6, 6.07) is 8.04. The van der Waals surface area contributed by atoms with Crippen molar-refractivity contribution in [2.75, 3.05) is 6.61 Å². The largest absolute Gasteiger partial charge is 0.494 e. The maximum atomic E-state index is 11.5. The van der Waals surface area contributed by atoms with E-state index in [1.54, 1.807) is 0 Å². The molecule has 0 unspecified atom stereocenters. The van der Waals surface area contributed by atoms with Crippen molar-refractivity contribution in [1.29, 1.82) is 0 Å². The van der Waals surface area contributed by atoms with E-state index in [2.05, 4.69) is 0 Å². The van der Waals surface area contributed by atoms with E-state index < -0.39 is 0 Å². The molecule has 0 amide bonds. The van der Waals surface area contributed by atoms with Crippen LogP contribution in [-0.4, -0.2) is 12.4 Å². The first-order valence-corrected chi connectivity index (χ1v) is 6.04. The molecule has 2 rings (SSSR count). The Morgan fingerprint density at radius 1 is 1.31 bits per heavy atom. The van der Waals surface area contributed by atoms with Crippen LogP contribution in [-0.2, 0) is 11.2 Å². The average Bonchev–Trinajstić information content (AvgIpc) is 3.12. The van der Waals surface area contributed by atoms with Gasteiger partial charge in [0.2, 0.25) is 0 Å². The normalized spacial score (nSPS) is 14.8. The molecule has 1 fully saturated rings. The monoisotopic (exact) mass is 218 g/mol. The molecule has 1 aromatic carbocycles. The Morgan fingerprint density at radius 3 is 2.56 bits per heavy atom. The third-order valence-corrected chi connectivity index (χ3v) is 2.93. The van der Waals surface area contributed by atoms with Crippen LogP contribution in [0, 0.1) is 5.92 Å². The second kappa shape index (κ2) is 5.15. The Balaban J connectivity index is 1.82. The van der Waals surface area contributed by atoms with E-state index in [-0.39, 0.29) is 0 Å². The number of ether oxygens (including phenoxy) is 1. The van der Waals surface area contributed by atoms with Crippen LogP contribution in [0.15, 0.2) is 24.3 Å². The van der Waals surface area contributed by atoms with Crippen LogP contribution in [0.5, 0.6) is 5.75 Å². The number of rotatable bonds is 6. The summed E-state index contributed by atoms with van der Waals surface area (Å²) in [4.78, 5) is 11.5. The fraction of sp³-hybridized carbons (Fsp3) is 0.500. The number of carbonyl (C=O) groups excluding carboxylic acids is 1. The number of benzene rings is 1. The first kappa shape index (κ1) is 11.2.